The lowest BCUT2D eigenvalue weighted by molar-refractivity contribution is 0.102. The maximum atomic E-state index is 12.6. The number of rotatable bonds is 4. The topological polar surface area (TPSA) is 47.6 Å². The van der Waals surface area contributed by atoms with Crippen molar-refractivity contribution in [1.82, 2.24) is 0 Å². The molecule has 0 heterocycles. The number of benzene rings is 3. The van der Waals surface area contributed by atoms with Crippen molar-refractivity contribution >= 4 is 22.4 Å². The van der Waals surface area contributed by atoms with Gasteiger partial charge in [-0.25, -0.2) is 0 Å². The lowest BCUT2D eigenvalue weighted by atomic mass is 10.1. The highest BCUT2D eigenvalue weighted by Gasteiger charge is 2.14. The van der Waals surface area contributed by atoms with Gasteiger partial charge in [0.15, 0.2) is 0 Å². The van der Waals surface area contributed by atoms with Gasteiger partial charge in [0.05, 0.1) is 14.2 Å². The van der Waals surface area contributed by atoms with E-state index >= 15 is 0 Å². The summed E-state index contributed by atoms with van der Waals surface area (Å²) < 4.78 is 10.7. The first-order valence-electron chi connectivity index (χ1n) is 7.65. The molecular weight excluding hydrogens is 302 g/mol. The van der Waals surface area contributed by atoms with Gasteiger partial charge < -0.3 is 14.8 Å². The summed E-state index contributed by atoms with van der Waals surface area (Å²) in [5.74, 6) is 1.04. The van der Waals surface area contributed by atoms with Crippen molar-refractivity contribution in [2.45, 2.75) is 6.92 Å². The fourth-order valence-corrected chi connectivity index (χ4v) is 2.69. The molecule has 3 aromatic rings. The summed E-state index contributed by atoms with van der Waals surface area (Å²) in [6.45, 7) is 1.89. The Kier molecular flexibility index (Phi) is 4.38. The first kappa shape index (κ1) is 15.9. The highest BCUT2D eigenvalue weighted by molar-refractivity contribution is 6.05. The number of hydrogen-bond donors (Lipinski definition) is 1. The van der Waals surface area contributed by atoms with E-state index in [-0.39, 0.29) is 5.91 Å². The molecule has 0 bridgehead atoms. The largest absolute Gasteiger partial charge is 0.496 e. The summed E-state index contributed by atoms with van der Waals surface area (Å²) in [6, 6.07) is 17.3. The predicted octanol–water partition coefficient (Wildman–Crippen LogP) is 4.42. The summed E-state index contributed by atoms with van der Waals surface area (Å²) >= 11 is 0. The van der Waals surface area contributed by atoms with Gasteiger partial charge in [-0.15, -0.1) is 0 Å². The smallest absolute Gasteiger partial charge is 0.255 e. The Balaban J connectivity index is 1.91. The van der Waals surface area contributed by atoms with Crippen LogP contribution in [0, 0.1) is 6.92 Å². The van der Waals surface area contributed by atoms with E-state index in [1.54, 1.807) is 26.4 Å². The van der Waals surface area contributed by atoms with Crippen LogP contribution in [-0.2, 0) is 0 Å². The van der Waals surface area contributed by atoms with Gasteiger partial charge in [-0.1, -0.05) is 30.3 Å². The maximum Gasteiger partial charge on any atom is 0.255 e. The van der Waals surface area contributed by atoms with Crippen LogP contribution in [0.5, 0.6) is 11.5 Å². The van der Waals surface area contributed by atoms with Crippen LogP contribution in [0.4, 0.5) is 5.69 Å². The molecule has 0 saturated heterocycles. The van der Waals surface area contributed by atoms with Crippen molar-refractivity contribution in [3.63, 3.8) is 0 Å². The zero-order chi connectivity index (χ0) is 17.1. The van der Waals surface area contributed by atoms with Crippen LogP contribution in [0.3, 0.4) is 0 Å². The monoisotopic (exact) mass is 321 g/mol. The van der Waals surface area contributed by atoms with E-state index in [1.807, 2.05) is 49.4 Å². The second kappa shape index (κ2) is 6.62. The molecule has 0 aliphatic heterocycles. The number of amides is 1. The van der Waals surface area contributed by atoms with Crippen LogP contribution in [0.2, 0.25) is 0 Å². The normalized spacial score (nSPS) is 10.5. The van der Waals surface area contributed by atoms with E-state index in [1.165, 1.54) is 0 Å². The van der Waals surface area contributed by atoms with E-state index in [0.29, 0.717) is 17.1 Å². The third kappa shape index (κ3) is 3.04. The molecule has 0 aromatic heterocycles. The summed E-state index contributed by atoms with van der Waals surface area (Å²) in [6.07, 6.45) is 0. The molecule has 3 aromatic carbocycles. The Morgan fingerprint density at radius 3 is 2.12 bits per heavy atom. The Bertz CT molecular complexity index is 877. The number of methoxy groups -OCH3 is 2. The minimum Gasteiger partial charge on any atom is -0.496 e. The van der Waals surface area contributed by atoms with Gasteiger partial charge in [0, 0.05) is 16.8 Å². The van der Waals surface area contributed by atoms with Gasteiger partial charge in [-0.2, -0.15) is 0 Å². The van der Waals surface area contributed by atoms with Gasteiger partial charge in [0.2, 0.25) is 0 Å². The molecular formula is C20H19NO3. The molecule has 0 saturated carbocycles. The van der Waals surface area contributed by atoms with E-state index in [2.05, 4.69) is 5.32 Å². The number of fused-ring (bicyclic) bond motifs is 1. The van der Waals surface area contributed by atoms with Crippen molar-refractivity contribution in [3.8, 4) is 11.5 Å². The fraction of sp³-hybridized carbons (Fsp3) is 0.150. The SMILES string of the molecule is COc1cc(C(=O)Nc2ccc3ccccc3c2)cc(OC)c1C. The zero-order valence-corrected chi connectivity index (χ0v) is 13.9. The lowest BCUT2D eigenvalue weighted by Crippen LogP contribution is -2.12. The van der Waals surface area contributed by atoms with Crippen LogP contribution in [0.15, 0.2) is 54.6 Å². The molecule has 0 atom stereocenters. The lowest BCUT2D eigenvalue weighted by Gasteiger charge is -2.13. The molecule has 4 heteroatoms. The minimum atomic E-state index is -0.207. The van der Waals surface area contributed by atoms with E-state index in [9.17, 15) is 4.79 Å². The van der Waals surface area contributed by atoms with Crippen LogP contribution >= 0.6 is 0 Å². The van der Waals surface area contributed by atoms with Gasteiger partial charge >= 0.3 is 0 Å². The highest BCUT2D eigenvalue weighted by atomic mass is 16.5. The third-order valence-corrected chi connectivity index (χ3v) is 4.02. The van der Waals surface area contributed by atoms with Gasteiger partial charge in [-0.3, -0.25) is 4.79 Å². The van der Waals surface area contributed by atoms with Crippen molar-refractivity contribution in [1.29, 1.82) is 0 Å². The zero-order valence-electron chi connectivity index (χ0n) is 13.9. The maximum absolute atomic E-state index is 12.6. The van der Waals surface area contributed by atoms with Gasteiger partial charge in [0.25, 0.3) is 5.91 Å². The Morgan fingerprint density at radius 1 is 0.875 bits per heavy atom. The molecule has 0 unspecified atom stereocenters. The number of carbonyl (C=O) groups excluding carboxylic acids is 1. The van der Waals surface area contributed by atoms with E-state index < -0.39 is 0 Å². The molecule has 0 fully saturated rings. The number of nitrogens with one attached hydrogen (secondary N) is 1. The van der Waals surface area contributed by atoms with Crippen LogP contribution in [0.1, 0.15) is 15.9 Å². The minimum absolute atomic E-state index is 0.207. The van der Waals surface area contributed by atoms with Crippen molar-refractivity contribution in [3.05, 3.63) is 65.7 Å². The highest BCUT2D eigenvalue weighted by Crippen LogP contribution is 2.30. The average Bonchev–Trinajstić information content (AvgIpc) is 2.61. The molecule has 1 amide bonds. The Morgan fingerprint density at radius 2 is 1.50 bits per heavy atom. The second-order valence-corrected chi connectivity index (χ2v) is 5.52. The summed E-state index contributed by atoms with van der Waals surface area (Å²) in [4.78, 5) is 12.6. The van der Waals surface area contributed by atoms with Crippen LogP contribution in [-0.4, -0.2) is 20.1 Å². The standard InChI is InChI=1S/C20H19NO3/c1-13-18(23-2)11-16(12-19(13)24-3)20(22)21-17-9-8-14-6-4-5-7-15(14)10-17/h4-12H,1-3H3,(H,21,22). The second-order valence-electron chi connectivity index (χ2n) is 5.52. The summed E-state index contributed by atoms with van der Waals surface area (Å²) in [5.41, 5.74) is 2.10. The van der Waals surface area contributed by atoms with E-state index in [4.69, 9.17) is 9.47 Å². The molecule has 0 aliphatic carbocycles. The number of ether oxygens (including phenoxy) is 2. The average molecular weight is 321 g/mol. The number of anilines is 1. The van der Waals surface area contributed by atoms with Crippen molar-refractivity contribution in [2.75, 3.05) is 19.5 Å². The molecule has 1 N–H and O–H groups in total. The molecule has 4 nitrogen and oxygen atoms in total. The third-order valence-electron chi connectivity index (χ3n) is 4.02. The quantitative estimate of drug-likeness (QED) is 0.774. The first-order valence-corrected chi connectivity index (χ1v) is 7.65. The van der Waals surface area contributed by atoms with E-state index in [0.717, 1.165) is 22.0 Å². The number of hydrogen-bond acceptors (Lipinski definition) is 3. The summed E-state index contributed by atoms with van der Waals surface area (Å²) in [7, 11) is 3.15. The van der Waals surface area contributed by atoms with Crippen LogP contribution < -0.4 is 14.8 Å². The predicted molar refractivity (Wildman–Crippen MR) is 96.2 cm³/mol. The molecule has 3 rings (SSSR count). The van der Waals surface area contributed by atoms with Gasteiger partial charge in [0.1, 0.15) is 11.5 Å². The van der Waals surface area contributed by atoms with Crippen LogP contribution in [0.25, 0.3) is 10.8 Å². The molecule has 0 aliphatic rings. The molecule has 24 heavy (non-hydrogen) atoms. The van der Waals surface area contributed by atoms with Gasteiger partial charge in [-0.05, 0) is 42.0 Å². The number of carbonyl (C=O) groups is 1. The first-order chi connectivity index (χ1) is 11.6. The molecule has 122 valence electrons. The molecule has 0 radical (unpaired) electrons. The van der Waals surface area contributed by atoms with Crippen molar-refractivity contribution < 1.29 is 14.3 Å². The Hall–Kier alpha value is -3.01. The Labute approximate surface area is 141 Å². The van der Waals surface area contributed by atoms with Crippen molar-refractivity contribution in [2.24, 2.45) is 0 Å². The molecule has 0 spiro atoms. The summed E-state index contributed by atoms with van der Waals surface area (Å²) in [5, 5.41) is 5.13. The fourth-order valence-electron chi connectivity index (χ4n) is 2.69.